The van der Waals surface area contributed by atoms with E-state index in [9.17, 15) is 22.4 Å². The number of amides is 1. The van der Waals surface area contributed by atoms with Crippen molar-refractivity contribution in [2.24, 2.45) is 11.7 Å². The lowest BCUT2D eigenvalue weighted by Gasteiger charge is -2.22. The highest BCUT2D eigenvalue weighted by molar-refractivity contribution is 5.79. The highest BCUT2D eigenvalue weighted by atomic mass is 19.3. The molecule has 106 valence electrons. The third-order valence-electron chi connectivity index (χ3n) is 3.22. The van der Waals surface area contributed by atoms with Gasteiger partial charge in [0.15, 0.2) is 0 Å². The number of halogens is 4. The van der Waals surface area contributed by atoms with Gasteiger partial charge in [-0.05, 0) is 12.8 Å². The van der Waals surface area contributed by atoms with Crippen molar-refractivity contribution < 1.29 is 22.4 Å². The van der Waals surface area contributed by atoms with E-state index in [2.05, 4.69) is 0 Å². The standard InChI is InChI=1S/C11H18F4N2O/c12-10(13)11(14,15)6-17-9(18)7-4-2-1-3-5-8(7)16/h7-8,10H,1-6,16H2,(H,17,18). The Kier molecular flexibility index (Phi) is 5.37. The predicted octanol–water partition coefficient (Wildman–Crippen LogP) is 1.91. The van der Waals surface area contributed by atoms with Crippen LogP contribution in [0.4, 0.5) is 17.6 Å². The summed E-state index contributed by atoms with van der Waals surface area (Å²) in [5, 5.41) is 1.88. The van der Waals surface area contributed by atoms with Crippen LogP contribution in [0.3, 0.4) is 0 Å². The first kappa shape index (κ1) is 15.2. The molecule has 2 atom stereocenters. The molecule has 7 heteroatoms. The summed E-state index contributed by atoms with van der Waals surface area (Å²) in [6, 6.07) is -0.382. The third-order valence-corrected chi connectivity index (χ3v) is 3.22. The van der Waals surface area contributed by atoms with Gasteiger partial charge >= 0.3 is 12.3 Å². The molecule has 1 saturated carbocycles. The predicted molar refractivity (Wildman–Crippen MR) is 58.5 cm³/mol. The van der Waals surface area contributed by atoms with Crippen molar-refractivity contribution in [1.29, 1.82) is 0 Å². The van der Waals surface area contributed by atoms with Crippen LogP contribution in [0.15, 0.2) is 0 Å². The number of hydrogen-bond acceptors (Lipinski definition) is 2. The van der Waals surface area contributed by atoms with Crippen LogP contribution in [0, 0.1) is 5.92 Å². The molecule has 0 bridgehead atoms. The Morgan fingerprint density at radius 2 is 1.89 bits per heavy atom. The number of carbonyl (C=O) groups is 1. The average Bonchev–Trinajstić information content (AvgIpc) is 2.50. The smallest absolute Gasteiger partial charge is 0.324 e. The van der Waals surface area contributed by atoms with Gasteiger partial charge in [-0.3, -0.25) is 4.79 Å². The Morgan fingerprint density at radius 3 is 2.50 bits per heavy atom. The zero-order valence-electron chi connectivity index (χ0n) is 9.97. The molecule has 0 aliphatic heterocycles. The number of rotatable bonds is 4. The normalized spacial score (nSPS) is 25.9. The minimum Gasteiger partial charge on any atom is -0.350 e. The van der Waals surface area contributed by atoms with E-state index in [1.165, 1.54) is 0 Å². The van der Waals surface area contributed by atoms with E-state index in [4.69, 9.17) is 5.73 Å². The lowest BCUT2D eigenvalue weighted by molar-refractivity contribution is -0.139. The average molecular weight is 270 g/mol. The second kappa shape index (κ2) is 6.36. The fourth-order valence-corrected chi connectivity index (χ4v) is 2.08. The molecule has 3 nitrogen and oxygen atoms in total. The summed E-state index contributed by atoms with van der Waals surface area (Å²) >= 11 is 0. The minimum atomic E-state index is -4.19. The fraction of sp³-hybridized carbons (Fsp3) is 0.909. The number of hydrogen-bond donors (Lipinski definition) is 2. The van der Waals surface area contributed by atoms with E-state index < -0.39 is 30.7 Å². The first-order valence-electron chi connectivity index (χ1n) is 6.04. The second-order valence-electron chi connectivity index (χ2n) is 4.69. The van der Waals surface area contributed by atoms with Crippen LogP contribution in [0.25, 0.3) is 0 Å². The van der Waals surface area contributed by atoms with Crippen molar-refractivity contribution in [1.82, 2.24) is 5.32 Å². The van der Waals surface area contributed by atoms with Gasteiger partial charge in [-0.25, -0.2) is 8.78 Å². The van der Waals surface area contributed by atoms with Crippen LogP contribution in [0.5, 0.6) is 0 Å². The van der Waals surface area contributed by atoms with E-state index in [-0.39, 0.29) is 6.04 Å². The molecule has 18 heavy (non-hydrogen) atoms. The molecule has 2 unspecified atom stereocenters. The number of nitrogens with two attached hydrogens (primary N) is 1. The summed E-state index contributed by atoms with van der Waals surface area (Å²) in [5.41, 5.74) is 5.78. The SMILES string of the molecule is NC1CCCCCC1C(=O)NCC(F)(F)C(F)F. The topological polar surface area (TPSA) is 55.1 Å². The van der Waals surface area contributed by atoms with Crippen LogP contribution in [-0.4, -0.2) is 30.8 Å². The summed E-state index contributed by atoms with van der Waals surface area (Å²) in [6.07, 6.45) is 0.0526. The van der Waals surface area contributed by atoms with E-state index >= 15 is 0 Å². The molecule has 0 saturated heterocycles. The van der Waals surface area contributed by atoms with E-state index in [1.807, 2.05) is 5.32 Å². The summed E-state index contributed by atoms with van der Waals surface area (Å²) in [5.74, 6) is -5.39. The Hall–Kier alpha value is -0.850. The summed E-state index contributed by atoms with van der Waals surface area (Å²) in [7, 11) is 0. The Morgan fingerprint density at radius 1 is 1.28 bits per heavy atom. The quantitative estimate of drug-likeness (QED) is 0.605. The van der Waals surface area contributed by atoms with Crippen LogP contribution in [-0.2, 0) is 4.79 Å². The highest BCUT2D eigenvalue weighted by Gasteiger charge is 2.41. The molecule has 0 aromatic carbocycles. The Bertz CT molecular complexity index is 286. The Labute approximate surface area is 103 Å². The summed E-state index contributed by atoms with van der Waals surface area (Å²) < 4.78 is 49.2. The summed E-state index contributed by atoms with van der Waals surface area (Å²) in [6.45, 7) is -1.34. The molecule has 0 radical (unpaired) electrons. The van der Waals surface area contributed by atoms with Crippen LogP contribution in [0.1, 0.15) is 32.1 Å². The maximum atomic E-state index is 12.7. The van der Waals surface area contributed by atoms with Gasteiger partial charge in [-0.1, -0.05) is 19.3 Å². The third kappa shape index (κ3) is 4.12. The second-order valence-corrected chi connectivity index (χ2v) is 4.69. The minimum absolute atomic E-state index is 0.382. The molecular formula is C11H18F4N2O. The van der Waals surface area contributed by atoms with E-state index in [1.54, 1.807) is 0 Å². The largest absolute Gasteiger partial charge is 0.350 e. The van der Waals surface area contributed by atoms with Gasteiger partial charge in [-0.2, -0.15) is 8.78 Å². The van der Waals surface area contributed by atoms with Crippen molar-refractivity contribution in [2.75, 3.05) is 6.54 Å². The van der Waals surface area contributed by atoms with Crippen molar-refractivity contribution in [3.63, 3.8) is 0 Å². The van der Waals surface area contributed by atoms with Crippen LogP contribution in [0.2, 0.25) is 0 Å². The fourth-order valence-electron chi connectivity index (χ4n) is 2.08. The zero-order chi connectivity index (χ0) is 13.8. The Balaban J connectivity index is 2.49. The van der Waals surface area contributed by atoms with Gasteiger partial charge in [-0.15, -0.1) is 0 Å². The van der Waals surface area contributed by atoms with Gasteiger partial charge in [0.25, 0.3) is 0 Å². The van der Waals surface area contributed by atoms with Crippen LogP contribution >= 0.6 is 0 Å². The van der Waals surface area contributed by atoms with Crippen molar-refractivity contribution in [3.8, 4) is 0 Å². The van der Waals surface area contributed by atoms with Gasteiger partial charge in [0, 0.05) is 6.04 Å². The molecule has 0 heterocycles. The van der Waals surface area contributed by atoms with Crippen molar-refractivity contribution >= 4 is 5.91 Å². The first-order valence-corrected chi connectivity index (χ1v) is 6.04. The number of nitrogens with one attached hydrogen (secondary N) is 1. The van der Waals surface area contributed by atoms with Crippen LogP contribution < -0.4 is 11.1 Å². The zero-order valence-corrected chi connectivity index (χ0v) is 9.97. The van der Waals surface area contributed by atoms with E-state index in [0.29, 0.717) is 12.8 Å². The maximum absolute atomic E-state index is 12.7. The van der Waals surface area contributed by atoms with Gasteiger partial charge in [0.05, 0.1) is 12.5 Å². The van der Waals surface area contributed by atoms with Gasteiger partial charge in [0.1, 0.15) is 0 Å². The first-order chi connectivity index (χ1) is 8.34. The lowest BCUT2D eigenvalue weighted by Crippen LogP contribution is -2.47. The van der Waals surface area contributed by atoms with Crippen molar-refractivity contribution in [2.45, 2.75) is 50.5 Å². The maximum Gasteiger partial charge on any atom is 0.324 e. The van der Waals surface area contributed by atoms with Gasteiger partial charge < -0.3 is 11.1 Å². The molecule has 1 aliphatic carbocycles. The number of alkyl halides is 4. The highest BCUT2D eigenvalue weighted by Crippen LogP contribution is 2.24. The molecule has 0 aromatic heterocycles. The number of carbonyl (C=O) groups excluding carboxylic acids is 1. The van der Waals surface area contributed by atoms with Crippen molar-refractivity contribution in [3.05, 3.63) is 0 Å². The molecule has 1 amide bonds. The molecule has 0 aromatic rings. The molecule has 3 N–H and O–H groups in total. The molecular weight excluding hydrogens is 252 g/mol. The molecule has 0 spiro atoms. The molecule has 1 fully saturated rings. The monoisotopic (exact) mass is 270 g/mol. The van der Waals surface area contributed by atoms with Gasteiger partial charge in [0.2, 0.25) is 5.91 Å². The molecule has 1 rings (SSSR count). The molecule has 1 aliphatic rings. The van der Waals surface area contributed by atoms with E-state index in [0.717, 1.165) is 19.3 Å². The summed E-state index contributed by atoms with van der Waals surface area (Å²) in [4.78, 5) is 11.7. The lowest BCUT2D eigenvalue weighted by atomic mass is 9.94.